The monoisotopic (exact) mass is 397 g/mol. The van der Waals surface area contributed by atoms with E-state index in [2.05, 4.69) is 32.7 Å². The molecule has 6 nitrogen and oxygen atoms in total. The molecule has 4 aromatic rings. The predicted molar refractivity (Wildman–Crippen MR) is 114 cm³/mol. The second kappa shape index (κ2) is 6.92. The lowest BCUT2D eigenvalue weighted by molar-refractivity contribution is 0.165. The zero-order chi connectivity index (χ0) is 20.1. The third kappa shape index (κ3) is 2.71. The van der Waals surface area contributed by atoms with Gasteiger partial charge in [0.15, 0.2) is 5.65 Å². The number of methoxy groups -OCH3 is 1. The van der Waals surface area contributed by atoms with Crippen LogP contribution in [0.1, 0.15) is 35.7 Å². The number of nitrogens with zero attached hydrogens (tertiary/aromatic N) is 5. The van der Waals surface area contributed by atoms with Crippen LogP contribution >= 0.6 is 0 Å². The molecule has 150 valence electrons. The first-order valence-corrected chi connectivity index (χ1v) is 10.5. The van der Waals surface area contributed by atoms with Gasteiger partial charge in [0, 0.05) is 60.8 Å². The van der Waals surface area contributed by atoms with Crippen LogP contribution in [0.25, 0.3) is 16.9 Å². The summed E-state index contributed by atoms with van der Waals surface area (Å²) in [6, 6.07) is 15.2. The summed E-state index contributed by atoms with van der Waals surface area (Å²) in [6.45, 7) is 0.937. The number of ether oxygens (including phenoxy) is 1. The zero-order valence-corrected chi connectivity index (χ0v) is 16.9. The Kier molecular flexibility index (Phi) is 4.06. The topological polar surface area (TPSA) is 55.6 Å². The summed E-state index contributed by atoms with van der Waals surface area (Å²) >= 11 is 0. The Balaban J connectivity index is 1.40. The summed E-state index contributed by atoms with van der Waals surface area (Å²) < 4.78 is 7.60. The molecule has 1 saturated heterocycles. The fourth-order valence-corrected chi connectivity index (χ4v) is 5.12. The minimum Gasteiger partial charge on any atom is -0.496 e. The van der Waals surface area contributed by atoms with Gasteiger partial charge in [0.1, 0.15) is 5.75 Å². The van der Waals surface area contributed by atoms with Crippen LogP contribution in [0.2, 0.25) is 0 Å². The van der Waals surface area contributed by atoms with Crippen LogP contribution in [-0.2, 0) is 13.0 Å². The molecule has 0 saturated carbocycles. The van der Waals surface area contributed by atoms with Gasteiger partial charge >= 0.3 is 0 Å². The first-order chi connectivity index (χ1) is 14.8. The maximum atomic E-state index is 5.54. The lowest BCUT2D eigenvalue weighted by atomic mass is 9.98. The zero-order valence-electron chi connectivity index (χ0n) is 16.9. The van der Waals surface area contributed by atoms with Crippen LogP contribution in [0.15, 0.2) is 61.1 Å². The van der Waals surface area contributed by atoms with Gasteiger partial charge in [-0.05, 0) is 36.6 Å². The van der Waals surface area contributed by atoms with Crippen molar-refractivity contribution < 1.29 is 4.74 Å². The summed E-state index contributed by atoms with van der Waals surface area (Å²) in [7, 11) is 1.70. The molecule has 1 fully saturated rings. The van der Waals surface area contributed by atoms with E-state index in [1.165, 1.54) is 29.7 Å². The van der Waals surface area contributed by atoms with Crippen molar-refractivity contribution in [2.75, 3.05) is 7.11 Å². The van der Waals surface area contributed by atoms with Gasteiger partial charge in [-0.1, -0.05) is 18.2 Å². The van der Waals surface area contributed by atoms with Gasteiger partial charge < -0.3 is 4.74 Å². The number of rotatable bonds is 4. The lowest BCUT2D eigenvalue weighted by Crippen LogP contribution is -2.38. The highest BCUT2D eigenvalue weighted by molar-refractivity contribution is 5.70. The number of pyridine rings is 1. The van der Waals surface area contributed by atoms with Gasteiger partial charge in [0.25, 0.3) is 0 Å². The average molecular weight is 397 g/mol. The SMILES string of the molecule is COc1ccccc1-c1cc2ncc3c(n2n1)C[C@H]1CC[C@@H]3N1Cc1cccnc1. The van der Waals surface area contributed by atoms with Crippen molar-refractivity contribution in [2.45, 2.75) is 37.9 Å². The number of hydrogen-bond donors (Lipinski definition) is 0. The van der Waals surface area contributed by atoms with Gasteiger partial charge in [-0.15, -0.1) is 0 Å². The molecule has 30 heavy (non-hydrogen) atoms. The highest BCUT2D eigenvalue weighted by Gasteiger charge is 2.41. The molecule has 0 spiro atoms. The first-order valence-electron chi connectivity index (χ1n) is 10.5. The average Bonchev–Trinajstić information content (AvgIpc) is 3.34. The Morgan fingerprint density at radius 1 is 1.10 bits per heavy atom. The number of para-hydroxylation sites is 1. The van der Waals surface area contributed by atoms with Gasteiger partial charge in [0.2, 0.25) is 0 Å². The third-order valence-electron chi connectivity index (χ3n) is 6.52. The van der Waals surface area contributed by atoms with Gasteiger partial charge in [-0.2, -0.15) is 5.10 Å². The number of hydrogen-bond acceptors (Lipinski definition) is 5. The molecule has 2 bridgehead atoms. The summed E-state index contributed by atoms with van der Waals surface area (Å²) in [6.07, 6.45) is 9.26. The molecule has 1 aromatic carbocycles. The molecule has 2 aliphatic rings. The first kappa shape index (κ1) is 17.6. The van der Waals surface area contributed by atoms with E-state index in [0.29, 0.717) is 12.1 Å². The van der Waals surface area contributed by atoms with Crippen molar-refractivity contribution in [1.82, 2.24) is 24.5 Å². The second-order valence-corrected chi connectivity index (χ2v) is 8.14. The minimum atomic E-state index is 0.398. The molecular formula is C24H23N5O. The molecule has 3 aromatic heterocycles. The Labute approximate surface area is 175 Å². The fraction of sp³-hybridized carbons (Fsp3) is 0.292. The van der Waals surface area contributed by atoms with E-state index in [9.17, 15) is 0 Å². The molecule has 0 amide bonds. The van der Waals surface area contributed by atoms with Crippen molar-refractivity contribution >= 4 is 5.65 Å². The smallest absolute Gasteiger partial charge is 0.155 e. The van der Waals surface area contributed by atoms with E-state index in [1.807, 2.05) is 42.7 Å². The molecule has 6 rings (SSSR count). The van der Waals surface area contributed by atoms with Crippen LogP contribution in [0, 0.1) is 0 Å². The van der Waals surface area contributed by atoms with E-state index in [1.54, 1.807) is 7.11 Å². The number of aromatic nitrogens is 4. The van der Waals surface area contributed by atoms with Crippen molar-refractivity contribution in [2.24, 2.45) is 0 Å². The van der Waals surface area contributed by atoms with E-state index in [-0.39, 0.29) is 0 Å². The highest BCUT2D eigenvalue weighted by Crippen LogP contribution is 2.44. The normalized spacial score (nSPS) is 20.4. The predicted octanol–water partition coefficient (Wildman–Crippen LogP) is 4.06. The van der Waals surface area contributed by atoms with Gasteiger partial charge in [-0.25, -0.2) is 9.50 Å². The van der Waals surface area contributed by atoms with Crippen molar-refractivity contribution in [3.05, 3.63) is 77.9 Å². The molecule has 2 atom stereocenters. The highest BCUT2D eigenvalue weighted by atomic mass is 16.5. The largest absolute Gasteiger partial charge is 0.496 e. The molecule has 0 radical (unpaired) electrons. The Hall–Kier alpha value is -3.25. The molecule has 5 heterocycles. The quantitative estimate of drug-likeness (QED) is 0.520. The standard InChI is InChI=1S/C24H23N5O/c1-30-23-7-3-2-6-18(23)20-12-24-26-14-19-21-9-8-17(11-22(19)29(24)27-20)28(21)15-16-5-4-10-25-13-16/h2-7,10,12-14,17,21H,8-9,11,15H2,1H3/t17-,21+/m1/s1. The van der Waals surface area contributed by atoms with Crippen molar-refractivity contribution in [3.8, 4) is 17.0 Å². The van der Waals surface area contributed by atoms with Crippen molar-refractivity contribution in [3.63, 3.8) is 0 Å². The Morgan fingerprint density at radius 2 is 2.03 bits per heavy atom. The van der Waals surface area contributed by atoms with Crippen LogP contribution < -0.4 is 4.74 Å². The molecule has 2 aliphatic heterocycles. The molecule has 6 heteroatoms. The maximum Gasteiger partial charge on any atom is 0.155 e. The van der Waals surface area contributed by atoms with Crippen LogP contribution in [-0.4, -0.2) is 37.6 Å². The minimum absolute atomic E-state index is 0.398. The Bertz CT molecular complexity index is 1220. The lowest BCUT2D eigenvalue weighted by Gasteiger charge is -2.36. The second-order valence-electron chi connectivity index (χ2n) is 8.14. The summed E-state index contributed by atoms with van der Waals surface area (Å²) in [4.78, 5) is 11.7. The fourth-order valence-electron chi connectivity index (χ4n) is 5.12. The molecular weight excluding hydrogens is 374 g/mol. The van der Waals surface area contributed by atoms with E-state index in [0.717, 1.165) is 35.6 Å². The maximum absolute atomic E-state index is 5.54. The van der Waals surface area contributed by atoms with Crippen LogP contribution in [0.3, 0.4) is 0 Å². The van der Waals surface area contributed by atoms with E-state index >= 15 is 0 Å². The molecule has 0 unspecified atom stereocenters. The Morgan fingerprint density at radius 3 is 2.90 bits per heavy atom. The summed E-state index contributed by atoms with van der Waals surface area (Å²) in [5.74, 6) is 0.831. The summed E-state index contributed by atoms with van der Waals surface area (Å²) in [5, 5.41) is 4.96. The molecule has 0 aliphatic carbocycles. The van der Waals surface area contributed by atoms with E-state index < -0.39 is 0 Å². The number of benzene rings is 1. The van der Waals surface area contributed by atoms with Gasteiger partial charge in [-0.3, -0.25) is 9.88 Å². The van der Waals surface area contributed by atoms with E-state index in [4.69, 9.17) is 14.8 Å². The molecule has 0 N–H and O–H groups in total. The van der Waals surface area contributed by atoms with Crippen LogP contribution in [0.5, 0.6) is 5.75 Å². The summed E-state index contributed by atoms with van der Waals surface area (Å²) in [5.41, 5.74) is 6.68. The van der Waals surface area contributed by atoms with Crippen LogP contribution in [0.4, 0.5) is 0 Å². The number of fused-ring (bicyclic) bond motifs is 6. The van der Waals surface area contributed by atoms with Crippen molar-refractivity contribution in [1.29, 1.82) is 0 Å². The third-order valence-corrected chi connectivity index (χ3v) is 6.52. The van der Waals surface area contributed by atoms with Gasteiger partial charge in [0.05, 0.1) is 18.5 Å².